The summed E-state index contributed by atoms with van der Waals surface area (Å²) >= 11 is 0. The van der Waals surface area contributed by atoms with Gasteiger partial charge >= 0.3 is 0 Å². The van der Waals surface area contributed by atoms with Crippen LogP contribution in [0.1, 0.15) is 11.7 Å². The number of methoxy groups -OCH3 is 1. The SMILES string of the molecule is COc1cccc2c1cc(C1CNCCN1C)n2C. The van der Waals surface area contributed by atoms with Crippen molar-refractivity contribution in [2.24, 2.45) is 7.05 Å². The zero-order chi connectivity index (χ0) is 13.4. The molecule has 4 heteroatoms. The third kappa shape index (κ3) is 2.01. The van der Waals surface area contributed by atoms with Crippen LogP contribution in [0.5, 0.6) is 5.75 Å². The van der Waals surface area contributed by atoms with Gasteiger partial charge in [-0.1, -0.05) is 6.07 Å². The van der Waals surface area contributed by atoms with E-state index in [0.29, 0.717) is 6.04 Å². The summed E-state index contributed by atoms with van der Waals surface area (Å²) in [5.41, 5.74) is 2.57. The lowest BCUT2D eigenvalue weighted by molar-refractivity contribution is 0.196. The zero-order valence-corrected chi connectivity index (χ0v) is 11.8. The molecule has 102 valence electrons. The van der Waals surface area contributed by atoms with Crippen molar-refractivity contribution in [2.45, 2.75) is 6.04 Å². The fourth-order valence-corrected chi connectivity index (χ4v) is 2.99. The Balaban J connectivity index is 2.11. The lowest BCUT2D eigenvalue weighted by Gasteiger charge is -2.33. The van der Waals surface area contributed by atoms with Crippen LogP contribution >= 0.6 is 0 Å². The molecule has 1 saturated heterocycles. The van der Waals surface area contributed by atoms with Crippen LogP contribution in [-0.4, -0.2) is 43.3 Å². The second-order valence-corrected chi connectivity index (χ2v) is 5.22. The second-order valence-electron chi connectivity index (χ2n) is 5.22. The van der Waals surface area contributed by atoms with Gasteiger partial charge in [-0.2, -0.15) is 0 Å². The third-order valence-corrected chi connectivity index (χ3v) is 4.16. The Labute approximate surface area is 114 Å². The normalized spacial score (nSPS) is 20.9. The monoisotopic (exact) mass is 259 g/mol. The van der Waals surface area contributed by atoms with Gasteiger partial charge in [0.05, 0.1) is 18.7 Å². The number of piperazine rings is 1. The number of nitrogens with zero attached hydrogens (tertiary/aromatic N) is 2. The van der Waals surface area contributed by atoms with Crippen molar-refractivity contribution in [2.75, 3.05) is 33.8 Å². The predicted octanol–water partition coefficient (Wildman–Crippen LogP) is 1.76. The molecule has 19 heavy (non-hydrogen) atoms. The maximum atomic E-state index is 5.47. The summed E-state index contributed by atoms with van der Waals surface area (Å²) in [6.45, 7) is 3.16. The quantitative estimate of drug-likeness (QED) is 0.891. The molecule has 2 heterocycles. The molecular formula is C15H21N3O. The largest absolute Gasteiger partial charge is 0.496 e. The van der Waals surface area contributed by atoms with Gasteiger partial charge in [0.15, 0.2) is 0 Å². The first-order valence-electron chi connectivity index (χ1n) is 6.75. The van der Waals surface area contributed by atoms with Gasteiger partial charge in [0.2, 0.25) is 0 Å². The molecule has 1 aromatic heterocycles. The van der Waals surface area contributed by atoms with Gasteiger partial charge in [-0.25, -0.2) is 0 Å². The Kier molecular flexibility index (Phi) is 3.21. The van der Waals surface area contributed by atoms with Crippen molar-refractivity contribution in [3.63, 3.8) is 0 Å². The average Bonchev–Trinajstić information content (AvgIpc) is 2.77. The maximum Gasteiger partial charge on any atom is 0.128 e. The number of hydrogen-bond donors (Lipinski definition) is 1. The number of aryl methyl sites for hydroxylation is 1. The first-order chi connectivity index (χ1) is 9.22. The van der Waals surface area contributed by atoms with E-state index in [9.17, 15) is 0 Å². The molecule has 1 aliphatic heterocycles. The third-order valence-electron chi connectivity index (χ3n) is 4.16. The molecule has 0 aliphatic carbocycles. The summed E-state index contributed by atoms with van der Waals surface area (Å²) in [5.74, 6) is 0.950. The van der Waals surface area contributed by atoms with Crippen LogP contribution in [0.4, 0.5) is 0 Å². The van der Waals surface area contributed by atoms with E-state index in [-0.39, 0.29) is 0 Å². The molecule has 0 radical (unpaired) electrons. The molecule has 1 fully saturated rings. The van der Waals surface area contributed by atoms with Crippen molar-refractivity contribution < 1.29 is 4.74 Å². The van der Waals surface area contributed by atoms with Gasteiger partial charge in [-0.15, -0.1) is 0 Å². The first kappa shape index (κ1) is 12.5. The molecule has 1 unspecified atom stereocenters. The number of benzene rings is 1. The highest BCUT2D eigenvalue weighted by Crippen LogP contribution is 2.32. The topological polar surface area (TPSA) is 29.4 Å². The van der Waals surface area contributed by atoms with E-state index < -0.39 is 0 Å². The Bertz CT molecular complexity index is 590. The number of nitrogens with one attached hydrogen (secondary N) is 1. The van der Waals surface area contributed by atoms with Crippen molar-refractivity contribution >= 4 is 10.9 Å². The average molecular weight is 259 g/mol. The lowest BCUT2D eigenvalue weighted by Crippen LogP contribution is -2.44. The fraction of sp³-hybridized carbons (Fsp3) is 0.467. The van der Waals surface area contributed by atoms with Gasteiger partial charge < -0.3 is 14.6 Å². The van der Waals surface area contributed by atoms with Gasteiger partial charge in [0.1, 0.15) is 5.75 Å². The van der Waals surface area contributed by atoms with E-state index in [4.69, 9.17) is 4.74 Å². The molecule has 4 nitrogen and oxygen atoms in total. The van der Waals surface area contributed by atoms with E-state index in [1.54, 1.807) is 7.11 Å². The minimum absolute atomic E-state index is 0.427. The zero-order valence-electron chi connectivity index (χ0n) is 11.8. The summed E-state index contributed by atoms with van der Waals surface area (Å²) in [5, 5.41) is 4.67. The van der Waals surface area contributed by atoms with Crippen molar-refractivity contribution in [1.29, 1.82) is 0 Å². The minimum Gasteiger partial charge on any atom is -0.496 e. The van der Waals surface area contributed by atoms with Gasteiger partial charge in [0, 0.05) is 37.8 Å². The summed E-state index contributed by atoms with van der Waals surface area (Å²) in [6.07, 6.45) is 0. The Hall–Kier alpha value is -1.52. The number of likely N-dealkylation sites (N-methyl/N-ethyl adjacent to an activating group) is 1. The van der Waals surface area contributed by atoms with E-state index in [1.807, 2.05) is 12.1 Å². The number of hydrogen-bond acceptors (Lipinski definition) is 3. The lowest BCUT2D eigenvalue weighted by atomic mass is 10.1. The summed E-state index contributed by atoms with van der Waals surface area (Å²) in [7, 11) is 6.07. The highest BCUT2D eigenvalue weighted by molar-refractivity contribution is 5.87. The molecule has 0 saturated carbocycles. The molecule has 3 rings (SSSR count). The first-order valence-corrected chi connectivity index (χ1v) is 6.75. The summed E-state index contributed by atoms with van der Waals surface area (Å²) in [4.78, 5) is 2.41. The summed E-state index contributed by atoms with van der Waals surface area (Å²) < 4.78 is 7.75. The number of aromatic nitrogens is 1. The molecule has 1 aliphatic rings. The van der Waals surface area contributed by atoms with Gasteiger partial charge in [-0.3, -0.25) is 4.90 Å². The van der Waals surface area contributed by atoms with Crippen molar-refractivity contribution in [1.82, 2.24) is 14.8 Å². The molecular weight excluding hydrogens is 238 g/mol. The van der Waals surface area contributed by atoms with Crippen molar-refractivity contribution in [3.05, 3.63) is 30.0 Å². The number of ether oxygens (including phenoxy) is 1. The smallest absolute Gasteiger partial charge is 0.128 e. The number of fused-ring (bicyclic) bond motifs is 1. The molecule has 0 spiro atoms. The fourth-order valence-electron chi connectivity index (χ4n) is 2.99. The van der Waals surface area contributed by atoms with Gasteiger partial charge in [0.25, 0.3) is 0 Å². The standard InChI is InChI=1S/C15H21N3O/c1-17-8-7-16-10-14(17)13-9-11-12(18(13)2)5-4-6-15(11)19-3/h4-6,9,14,16H,7-8,10H2,1-3H3. The van der Waals surface area contributed by atoms with Crippen LogP contribution in [0.3, 0.4) is 0 Å². The minimum atomic E-state index is 0.427. The highest BCUT2D eigenvalue weighted by Gasteiger charge is 2.24. The molecule has 1 N–H and O–H groups in total. The van der Waals surface area contributed by atoms with Crippen molar-refractivity contribution in [3.8, 4) is 5.75 Å². The van der Waals surface area contributed by atoms with Crippen LogP contribution in [0, 0.1) is 0 Å². The van der Waals surface area contributed by atoms with Crippen LogP contribution in [0.2, 0.25) is 0 Å². The van der Waals surface area contributed by atoms with Crippen LogP contribution in [0.25, 0.3) is 10.9 Å². The summed E-state index contributed by atoms with van der Waals surface area (Å²) in [6, 6.07) is 8.92. The molecule has 0 bridgehead atoms. The predicted molar refractivity (Wildman–Crippen MR) is 77.7 cm³/mol. The van der Waals surface area contributed by atoms with E-state index in [2.05, 4.69) is 41.0 Å². The molecule has 1 aromatic carbocycles. The molecule has 0 amide bonds. The van der Waals surface area contributed by atoms with E-state index in [1.165, 1.54) is 16.6 Å². The molecule has 1 atom stereocenters. The Morgan fingerprint density at radius 1 is 1.32 bits per heavy atom. The van der Waals surface area contributed by atoms with Gasteiger partial charge in [-0.05, 0) is 25.2 Å². The Morgan fingerprint density at radius 2 is 2.16 bits per heavy atom. The Morgan fingerprint density at radius 3 is 2.89 bits per heavy atom. The van der Waals surface area contributed by atoms with Crippen LogP contribution in [0.15, 0.2) is 24.3 Å². The van der Waals surface area contributed by atoms with Crippen LogP contribution in [-0.2, 0) is 7.05 Å². The van der Waals surface area contributed by atoms with E-state index in [0.717, 1.165) is 25.4 Å². The van der Waals surface area contributed by atoms with E-state index >= 15 is 0 Å². The highest BCUT2D eigenvalue weighted by atomic mass is 16.5. The second kappa shape index (κ2) is 4.87. The maximum absolute atomic E-state index is 5.47. The number of rotatable bonds is 2. The van der Waals surface area contributed by atoms with Crippen LogP contribution < -0.4 is 10.1 Å². The molecule has 2 aromatic rings.